The molecule has 0 aliphatic heterocycles. The van der Waals surface area contributed by atoms with Crippen molar-refractivity contribution in [3.8, 4) is 0 Å². The maximum Gasteiger partial charge on any atom is 0.258 e. The Hall–Kier alpha value is -2.23. The average Bonchev–Trinajstić information content (AvgIpc) is 2.70. The average molecular weight is 271 g/mol. The van der Waals surface area contributed by atoms with Gasteiger partial charge in [0.25, 0.3) is 5.55 Å². The van der Waals surface area contributed by atoms with Gasteiger partial charge < -0.3 is 14.0 Å². The molecule has 1 N–H and O–H groups in total. The van der Waals surface area contributed by atoms with E-state index in [0.717, 1.165) is 44.4 Å². The van der Waals surface area contributed by atoms with Crippen molar-refractivity contribution < 1.29 is 14.0 Å². The summed E-state index contributed by atoms with van der Waals surface area (Å²) in [5.41, 5.74) is 5.86. The molecule has 4 heteroatoms. The largest absolute Gasteiger partial charge is 0.460 e. The van der Waals surface area contributed by atoms with Crippen molar-refractivity contribution in [2.24, 2.45) is 5.16 Å². The Morgan fingerprint density at radius 2 is 1.60 bits per heavy atom. The third-order valence-corrected chi connectivity index (χ3v) is 4.16. The number of rotatable bonds is 0. The number of nitrogens with zero attached hydrogens (tertiary/aromatic N) is 1. The normalized spacial score (nSPS) is 12.8. The van der Waals surface area contributed by atoms with E-state index < -0.39 is 0 Å². The monoisotopic (exact) mass is 271 g/mol. The van der Waals surface area contributed by atoms with Crippen LogP contribution in [0.5, 0.6) is 0 Å². The zero-order valence-electron chi connectivity index (χ0n) is 12.3. The zero-order chi connectivity index (χ0) is 14.6. The number of hydrogen-bond donors (Lipinski definition) is 1. The van der Waals surface area contributed by atoms with Crippen molar-refractivity contribution in [3.05, 3.63) is 39.6 Å². The van der Waals surface area contributed by atoms with E-state index in [9.17, 15) is 0 Å². The molecule has 104 valence electrons. The molecule has 0 aliphatic carbocycles. The fourth-order valence-electron chi connectivity index (χ4n) is 2.79. The molecular formula is C16H17NO3. The Bertz CT molecular complexity index is 913. The zero-order valence-corrected chi connectivity index (χ0v) is 12.3. The third-order valence-electron chi connectivity index (χ3n) is 4.16. The van der Waals surface area contributed by atoms with Gasteiger partial charge in [0, 0.05) is 10.9 Å². The van der Waals surface area contributed by atoms with Gasteiger partial charge in [-0.2, -0.15) is 0 Å². The van der Waals surface area contributed by atoms with E-state index in [-0.39, 0.29) is 5.55 Å². The molecule has 0 atom stereocenters. The van der Waals surface area contributed by atoms with Crippen LogP contribution in [-0.4, -0.2) is 5.21 Å². The highest BCUT2D eigenvalue weighted by atomic mass is 16.5. The van der Waals surface area contributed by atoms with Crippen molar-refractivity contribution in [2.75, 3.05) is 0 Å². The Morgan fingerprint density at radius 3 is 2.25 bits per heavy atom. The molecule has 4 nitrogen and oxygen atoms in total. The van der Waals surface area contributed by atoms with Crippen LogP contribution in [0.3, 0.4) is 0 Å². The Labute approximate surface area is 116 Å². The highest BCUT2D eigenvalue weighted by Gasteiger charge is 2.17. The molecule has 0 aliphatic rings. The summed E-state index contributed by atoms with van der Waals surface area (Å²) in [5, 5.41) is 14.3. The van der Waals surface area contributed by atoms with Crippen LogP contribution < -0.4 is 5.55 Å². The predicted molar refractivity (Wildman–Crippen MR) is 77.0 cm³/mol. The second-order valence-corrected chi connectivity index (χ2v) is 5.31. The van der Waals surface area contributed by atoms with Crippen molar-refractivity contribution in [2.45, 2.75) is 34.6 Å². The third kappa shape index (κ3) is 1.51. The smallest absolute Gasteiger partial charge is 0.258 e. The maximum absolute atomic E-state index is 9.04. The molecule has 20 heavy (non-hydrogen) atoms. The van der Waals surface area contributed by atoms with Crippen LogP contribution in [0.15, 0.2) is 20.1 Å². The van der Waals surface area contributed by atoms with E-state index >= 15 is 0 Å². The van der Waals surface area contributed by atoms with Crippen LogP contribution in [0.1, 0.15) is 28.0 Å². The van der Waals surface area contributed by atoms with Crippen LogP contribution in [0.4, 0.5) is 0 Å². The van der Waals surface area contributed by atoms with E-state index in [1.54, 1.807) is 0 Å². The Morgan fingerprint density at radius 1 is 0.900 bits per heavy atom. The van der Waals surface area contributed by atoms with Gasteiger partial charge in [-0.3, -0.25) is 0 Å². The number of benzene rings is 1. The molecular weight excluding hydrogens is 254 g/mol. The highest BCUT2D eigenvalue weighted by Crippen LogP contribution is 2.35. The van der Waals surface area contributed by atoms with Crippen LogP contribution in [0.2, 0.25) is 0 Å². The first kappa shape index (κ1) is 12.8. The SMILES string of the molecule is Cc1oc2c(c(C)cc3o/c(=N\O)c(C)c(C)c32)c1C. The van der Waals surface area contributed by atoms with Crippen LogP contribution in [-0.2, 0) is 0 Å². The summed E-state index contributed by atoms with van der Waals surface area (Å²) in [7, 11) is 0. The summed E-state index contributed by atoms with van der Waals surface area (Å²) in [5.74, 6) is 0.920. The highest BCUT2D eigenvalue weighted by molar-refractivity contribution is 6.07. The predicted octanol–water partition coefficient (Wildman–Crippen LogP) is 4.01. The molecule has 3 aromatic rings. The molecule has 1 aromatic carbocycles. The summed E-state index contributed by atoms with van der Waals surface area (Å²) >= 11 is 0. The van der Waals surface area contributed by atoms with Crippen LogP contribution >= 0.6 is 0 Å². The lowest BCUT2D eigenvalue weighted by atomic mass is 10.00. The topological polar surface area (TPSA) is 58.9 Å². The summed E-state index contributed by atoms with van der Waals surface area (Å²) in [6.07, 6.45) is 0. The Kier molecular flexibility index (Phi) is 2.64. The lowest BCUT2D eigenvalue weighted by Crippen LogP contribution is -2.08. The van der Waals surface area contributed by atoms with Gasteiger partial charge in [0.1, 0.15) is 16.9 Å². The lowest BCUT2D eigenvalue weighted by molar-refractivity contribution is 0.275. The van der Waals surface area contributed by atoms with Gasteiger partial charge in [0.2, 0.25) is 0 Å². The van der Waals surface area contributed by atoms with Crippen molar-refractivity contribution >= 4 is 21.9 Å². The second kappa shape index (κ2) is 4.13. The van der Waals surface area contributed by atoms with Crippen LogP contribution in [0, 0.1) is 34.6 Å². The lowest BCUT2D eigenvalue weighted by Gasteiger charge is -2.07. The number of hydrogen-bond acceptors (Lipinski definition) is 4. The van der Waals surface area contributed by atoms with Gasteiger partial charge in [0.15, 0.2) is 0 Å². The number of aryl methyl sites for hydroxylation is 4. The molecule has 0 saturated heterocycles. The molecule has 0 radical (unpaired) electrons. The minimum absolute atomic E-state index is 0.244. The fraction of sp³-hybridized carbons (Fsp3) is 0.312. The van der Waals surface area contributed by atoms with Gasteiger partial charge >= 0.3 is 0 Å². The first-order chi connectivity index (χ1) is 9.45. The molecule has 0 spiro atoms. The molecule has 2 heterocycles. The Balaban J connectivity index is 2.68. The van der Waals surface area contributed by atoms with Crippen molar-refractivity contribution in [1.82, 2.24) is 0 Å². The molecule has 0 amide bonds. The summed E-state index contributed by atoms with van der Waals surface area (Å²) in [6.45, 7) is 9.93. The van der Waals surface area contributed by atoms with E-state index in [4.69, 9.17) is 14.0 Å². The standard InChI is InChI=1S/C16H17NO3/c1-7-6-12-14(8(2)9(3)16(17-18)20-12)15-13(7)10(4)11(5)19-15/h6,18H,1-5H3/b17-16-. The molecule has 2 aromatic heterocycles. The van der Waals surface area contributed by atoms with Gasteiger partial charge in [-0.25, -0.2) is 0 Å². The number of fused-ring (bicyclic) bond motifs is 3. The van der Waals surface area contributed by atoms with E-state index in [2.05, 4.69) is 12.1 Å². The van der Waals surface area contributed by atoms with Crippen molar-refractivity contribution in [3.63, 3.8) is 0 Å². The first-order valence-corrected chi connectivity index (χ1v) is 6.57. The summed E-state index contributed by atoms with van der Waals surface area (Å²) in [6, 6.07) is 1.97. The summed E-state index contributed by atoms with van der Waals surface area (Å²) < 4.78 is 11.6. The molecule has 0 bridgehead atoms. The first-order valence-electron chi connectivity index (χ1n) is 6.57. The molecule has 0 saturated carbocycles. The van der Waals surface area contributed by atoms with Gasteiger partial charge in [-0.15, -0.1) is 0 Å². The minimum atomic E-state index is 0.244. The molecule has 3 rings (SSSR count). The molecule has 0 fully saturated rings. The second-order valence-electron chi connectivity index (χ2n) is 5.31. The van der Waals surface area contributed by atoms with Crippen LogP contribution in [0.25, 0.3) is 21.9 Å². The summed E-state index contributed by atoms with van der Waals surface area (Å²) in [4.78, 5) is 0. The van der Waals surface area contributed by atoms with E-state index in [0.29, 0.717) is 5.58 Å². The van der Waals surface area contributed by atoms with Gasteiger partial charge in [0.05, 0.1) is 5.39 Å². The van der Waals surface area contributed by atoms with Gasteiger partial charge in [-0.05, 0) is 62.5 Å². The quantitative estimate of drug-likeness (QED) is 0.496. The van der Waals surface area contributed by atoms with E-state index in [1.807, 2.05) is 33.8 Å². The maximum atomic E-state index is 9.04. The molecule has 0 unspecified atom stereocenters. The van der Waals surface area contributed by atoms with E-state index in [1.165, 1.54) is 0 Å². The fourth-order valence-corrected chi connectivity index (χ4v) is 2.79. The number of furan rings is 1. The minimum Gasteiger partial charge on any atom is -0.460 e. The van der Waals surface area contributed by atoms with Crippen molar-refractivity contribution in [1.29, 1.82) is 0 Å². The van der Waals surface area contributed by atoms with Gasteiger partial charge in [-0.1, -0.05) is 0 Å².